The van der Waals surface area contributed by atoms with Crippen LogP contribution in [-0.4, -0.2) is 63.4 Å². The van der Waals surface area contributed by atoms with Crippen molar-refractivity contribution in [3.8, 4) is 0 Å². The van der Waals surface area contributed by atoms with Crippen LogP contribution in [0.3, 0.4) is 0 Å². The molecule has 2 aliphatic rings. The molecule has 3 heterocycles. The van der Waals surface area contributed by atoms with Crippen LogP contribution in [0.25, 0.3) is 0 Å². The molecule has 0 atom stereocenters. The number of hydrogen-bond donors (Lipinski definition) is 0. The first-order valence-electron chi connectivity index (χ1n) is 9.87. The molecule has 2 aliphatic heterocycles. The molecule has 7 heteroatoms. The van der Waals surface area contributed by atoms with Gasteiger partial charge < -0.3 is 14.5 Å². The first-order valence-corrected chi connectivity index (χ1v) is 9.87. The summed E-state index contributed by atoms with van der Waals surface area (Å²) < 4.78 is 7.50. The lowest BCUT2D eigenvalue weighted by molar-refractivity contribution is 0.00294. The summed E-state index contributed by atoms with van der Waals surface area (Å²) in [7, 11) is 0. The van der Waals surface area contributed by atoms with Crippen LogP contribution in [-0.2, 0) is 11.3 Å². The molecule has 7 nitrogen and oxygen atoms in total. The third kappa shape index (κ3) is 4.02. The molecule has 2 saturated heterocycles. The van der Waals surface area contributed by atoms with Crippen molar-refractivity contribution in [2.75, 3.05) is 26.2 Å². The van der Waals surface area contributed by atoms with Crippen LogP contribution in [0, 0.1) is 0 Å². The van der Waals surface area contributed by atoms with Gasteiger partial charge in [0.15, 0.2) is 0 Å². The minimum absolute atomic E-state index is 0.0344. The molecule has 0 bridgehead atoms. The number of hydrogen-bond acceptors (Lipinski definition) is 4. The van der Waals surface area contributed by atoms with Crippen molar-refractivity contribution < 1.29 is 14.3 Å². The first-order chi connectivity index (χ1) is 12.6. The molecule has 0 N–H and O–H groups in total. The van der Waals surface area contributed by atoms with Crippen LogP contribution in [0.5, 0.6) is 0 Å². The molecule has 0 saturated carbocycles. The molecule has 0 aliphatic carbocycles. The van der Waals surface area contributed by atoms with Gasteiger partial charge in [-0.2, -0.15) is 5.10 Å². The average molecular weight is 362 g/mol. The van der Waals surface area contributed by atoms with Crippen molar-refractivity contribution in [3.05, 3.63) is 18.0 Å². The smallest absolute Gasteiger partial charge is 0.410 e. The minimum Gasteiger partial charge on any atom is -0.441 e. The van der Waals surface area contributed by atoms with Crippen molar-refractivity contribution in [3.63, 3.8) is 0 Å². The van der Waals surface area contributed by atoms with Gasteiger partial charge in [0.25, 0.3) is 5.91 Å². The number of unbranched alkanes of at least 4 members (excludes halogenated alkanes) is 3. The Morgan fingerprint density at radius 2 is 2.00 bits per heavy atom. The predicted octanol–water partition coefficient (Wildman–Crippen LogP) is 2.91. The number of aryl methyl sites for hydroxylation is 1. The van der Waals surface area contributed by atoms with Gasteiger partial charge in [0, 0.05) is 45.2 Å². The van der Waals surface area contributed by atoms with Crippen molar-refractivity contribution in [2.45, 2.75) is 64.5 Å². The SMILES string of the molecule is CCCCCCN1CC2(CCN(C(=O)c3ccn(CC)n3)CC2)OC1=O. The lowest BCUT2D eigenvalue weighted by atomic mass is 9.91. The highest BCUT2D eigenvalue weighted by molar-refractivity contribution is 5.92. The summed E-state index contributed by atoms with van der Waals surface area (Å²) in [5.41, 5.74) is 0.0743. The maximum absolute atomic E-state index is 12.6. The number of amides is 2. The van der Waals surface area contributed by atoms with E-state index in [1.807, 2.05) is 22.9 Å². The summed E-state index contributed by atoms with van der Waals surface area (Å²) in [5, 5.41) is 4.30. The second-order valence-electron chi connectivity index (χ2n) is 7.38. The second kappa shape index (κ2) is 8.10. The molecule has 2 amide bonds. The largest absolute Gasteiger partial charge is 0.441 e. The fourth-order valence-corrected chi connectivity index (χ4v) is 3.79. The Morgan fingerprint density at radius 1 is 1.23 bits per heavy atom. The lowest BCUT2D eigenvalue weighted by Gasteiger charge is -2.37. The summed E-state index contributed by atoms with van der Waals surface area (Å²) in [5.74, 6) is -0.0344. The van der Waals surface area contributed by atoms with Gasteiger partial charge in [-0.3, -0.25) is 9.48 Å². The normalized spacial score (nSPS) is 19.2. The van der Waals surface area contributed by atoms with E-state index in [-0.39, 0.29) is 12.0 Å². The van der Waals surface area contributed by atoms with E-state index in [0.29, 0.717) is 38.2 Å². The number of piperidine rings is 1. The topological polar surface area (TPSA) is 67.7 Å². The van der Waals surface area contributed by atoms with Gasteiger partial charge >= 0.3 is 6.09 Å². The van der Waals surface area contributed by atoms with Crippen LogP contribution in [0.15, 0.2) is 12.3 Å². The highest BCUT2D eigenvalue weighted by atomic mass is 16.6. The zero-order valence-electron chi connectivity index (χ0n) is 15.9. The Hall–Kier alpha value is -2.05. The molecule has 1 aromatic heterocycles. The number of ether oxygens (including phenoxy) is 1. The van der Waals surface area contributed by atoms with E-state index in [0.717, 1.165) is 25.9 Å². The number of nitrogens with zero attached hydrogens (tertiary/aromatic N) is 4. The molecule has 0 unspecified atom stereocenters. The van der Waals surface area contributed by atoms with E-state index < -0.39 is 5.60 Å². The quantitative estimate of drug-likeness (QED) is 0.700. The Balaban J connectivity index is 1.51. The van der Waals surface area contributed by atoms with Gasteiger partial charge in [0.05, 0.1) is 6.54 Å². The van der Waals surface area contributed by atoms with E-state index in [1.54, 1.807) is 10.7 Å². The Morgan fingerprint density at radius 3 is 2.65 bits per heavy atom. The Labute approximate surface area is 155 Å². The van der Waals surface area contributed by atoms with Crippen molar-refractivity contribution in [1.82, 2.24) is 19.6 Å². The van der Waals surface area contributed by atoms with Gasteiger partial charge in [-0.25, -0.2) is 4.79 Å². The molecular formula is C19H30N4O3. The number of likely N-dealkylation sites (tertiary alicyclic amines) is 1. The fourth-order valence-electron chi connectivity index (χ4n) is 3.79. The summed E-state index contributed by atoms with van der Waals surface area (Å²) in [6, 6.07) is 1.77. The summed E-state index contributed by atoms with van der Waals surface area (Å²) in [6.45, 7) is 7.57. The van der Waals surface area contributed by atoms with Gasteiger partial charge in [-0.05, 0) is 19.4 Å². The van der Waals surface area contributed by atoms with E-state index in [1.165, 1.54) is 12.8 Å². The molecular weight excluding hydrogens is 332 g/mol. The van der Waals surface area contributed by atoms with Gasteiger partial charge in [0.1, 0.15) is 11.3 Å². The molecule has 0 radical (unpaired) electrons. The lowest BCUT2D eigenvalue weighted by Crippen LogP contribution is -2.48. The van der Waals surface area contributed by atoms with Crippen LogP contribution in [0.1, 0.15) is 62.9 Å². The summed E-state index contributed by atoms with van der Waals surface area (Å²) in [6.07, 6.45) is 7.61. The first kappa shape index (κ1) is 18.7. The van der Waals surface area contributed by atoms with E-state index in [9.17, 15) is 9.59 Å². The molecule has 144 valence electrons. The van der Waals surface area contributed by atoms with Crippen molar-refractivity contribution in [1.29, 1.82) is 0 Å². The van der Waals surface area contributed by atoms with Crippen LogP contribution >= 0.6 is 0 Å². The fraction of sp³-hybridized carbons (Fsp3) is 0.737. The third-order valence-electron chi connectivity index (χ3n) is 5.47. The van der Waals surface area contributed by atoms with Crippen LogP contribution in [0.4, 0.5) is 4.79 Å². The number of aromatic nitrogens is 2. The zero-order valence-corrected chi connectivity index (χ0v) is 15.9. The van der Waals surface area contributed by atoms with Gasteiger partial charge in [-0.15, -0.1) is 0 Å². The van der Waals surface area contributed by atoms with Crippen molar-refractivity contribution >= 4 is 12.0 Å². The van der Waals surface area contributed by atoms with E-state index in [2.05, 4.69) is 12.0 Å². The molecule has 26 heavy (non-hydrogen) atoms. The Kier molecular flexibility index (Phi) is 5.84. The summed E-state index contributed by atoms with van der Waals surface area (Å²) >= 11 is 0. The zero-order chi connectivity index (χ0) is 18.6. The second-order valence-corrected chi connectivity index (χ2v) is 7.38. The van der Waals surface area contributed by atoms with Gasteiger partial charge in [-0.1, -0.05) is 26.2 Å². The molecule has 1 aromatic rings. The number of carbonyl (C=O) groups excluding carboxylic acids is 2. The van der Waals surface area contributed by atoms with Crippen LogP contribution in [0.2, 0.25) is 0 Å². The molecule has 3 rings (SSSR count). The van der Waals surface area contributed by atoms with Gasteiger partial charge in [0.2, 0.25) is 0 Å². The Bertz CT molecular complexity index is 634. The van der Waals surface area contributed by atoms with E-state index in [4.69, 9.17) is 4.74 Å². The van der Waals surface area contributed by atoms with Crippen LogP contribution < -0.4 is 0 Å². The average Bonchev–Trinajstić information content (AvgIpc) is 3.24. The third-order valence-corrected chi connectivity index (χ3v) is 5.47. The summed E-state index contributed by atoms with van der Waals surface area (Å²) in [4.78, 5) is 28.5. The van der Waals surface area contributed by atoms with Crippen molar-refractivity contribution in [2.24, 2.45) is 0 Å². The molecule has 2 fully saturated rings. The molecule has 1 spiro atoms. The number of rotatable bonds is 7. The monoisotopic (exact) mass is 362 g/mol. The standard InChI is InChI=1S/C19H30N4O3/c1-3-5-6-7-11-22-15-19(26-18(22)25)9-13-21(14-10-19)17(24)16-8-12-23(4-2)20-16/h8,12H,3-7,9-11,13-15H2,1-2H3. The number of carbonyl (C=O) groups is 2. The van der Waals surface area contributed by atoms with E-state index >= 15 is 0 Å². The predicted molar refractivity (Wildman–Crippen MR) is 98.0 cm³/mol. The maximum atomic E-state index is 12.6. The highest BCUT2D eigenvalue weighted by Crippen LogP contribution is 2.33. The maximum Gasteiger partial charge on any atom is 0.410 e. The molecule has 0 aromatic carbocycles. The highest BCUT2D eigenvalue weighted by Gasteiger charge is 2.47. The minimum atomic E-state index is -0.415.